The van der Waals surface area contributed by atoms with Crippen LogP contribution in [0.25, 0.3) is 0 Å². The highest BCUT2D eigenvalue weighted by Gasteiger charge is 2.13. The lowest BCUT2D eigenvalue weighted by atomic mass is 10.6. The van der Waals surface area contributed by atoms with Crippen LogP contribution in [0.3, 0.4) is 0 Å². The fourth-order valence-electron chi connectivity index (χ4n) is 0.710. The Morgan fingerprint density at radius 3 is 3.08 bits per heavy atom. The number of aromatic amines is 1. The molecule has 12 heavy (non-hydrogen) atoms. The van der Waals surface area contributed by atoms with E-state index in [-0.39, 0.29) is 11.7 Å². The molecule has 66 valence electrons. The van der Waals surface area contributed by atoms with E-state index in [9.17, 15) is 4.79 Å². The first-order valence-electron chi connectivity index (χ1n) is 3.52. The molecule has 6 heteroatoms. The second-order valence-corrected chi connectivity index (χ2v) is 2.05. The number of nitrogens with one attached hydrogen (secondary N) is 1. The van der Waals surface area contributed by atoms with Gasteiger partial charge >= 0.3 is 5.91 Å². The Hall–Kier alpha value is -1.43. The van der Waals surface area contributed by atoms with Crippen molar-refractivity contribution in [3.8, 4) is 0 Å². The third-order valence-electron chi connectivity index (χ3n) is 1.23. The van der Waals surface area contributed by atoms with Crippen molar-refractivity contribution in [2.24, 2.45) is 0 Å². The Labute approximate surface area is 69.5 Å². The van der Waals surface area contributed by atoms with Crippen molar-refractivity contribution in [2.45, 2.75) is 6.92 Å². The van der Waals surface area contributed by atoms with Crippen LogP contribution >= 0.6 is 0 Å². The molecule has 0 aliphatic rings. The van der Waals surface area contributed by atoms with Gasteiger partial charge in [0.2, 0.25) is 5.82 Å². The molecule has 6 nitrogen and oxygen atoms in total. The molecule has 0 radical (unpaired) electrons. The van der Waals surface area contributed by atoms with Crippen LogP contribution in [0.2, 0.25) is 0 Å². The van der Waals surface area contributed by atoms with Gasteiger partial charge in [0.15, 0.2) is 0 Å². The number of carbonyl (C=O) groups excluding carboxylic acids is 1. The molecule has 0 unspecified atom stereocenters. The number of nitrogens with zero attached hydrogens (tertiary/aromatic N) is 3. The van der Waals surface area contributed by atoms with E-state index in [4.69, 9.17) is 4.84 Å². The van der Waals surface area contributed by atoms with E-state index in [1.807, 2.05) is 0 Å². The van der Waals surface area contributed by atoms with Crippen LogP contribution in [0.5, 0.6) is 0 Å². The van der Waals surface area contributed by atoms with Crippen LogP contribution in [0.1, 0.15) is 17.5 Å². The van der Waals surface area contributed by atoms with Gasteiger partial charge in [-0.2, -0.15) is 5.10 Å². The largest absolute Gasteiger partial charge is 0.314 e. The van der Waals surface area contributed by atoms with E-state index in [2.05, 4.69) is 15.2 Å². The van der Waals surface area contributed by atoms with E-state index in [1.165, 1.54) is 13.4 Å². The van der Waals surface area contributed by atoms with Gasteiger partial charge in [-0.1, -0.05) is 0 Å². The first kappa shape index (κ1) is 8.66. The molecule has 0 aliphatic carbocycles. The lowest BCUT2D eigenvalue weighted by molar-refractivity contribution is -0.101. The van der Waals surface area contributed by atoms with E-state index in [0.29, 0.717) is 6.61 Å². The van der Waals surface area contributed by atoms with Crippen LogP contribution in [0.15, 0.2) is 6.33 Å². The molecule has 1 heterocycles. The predicted octanol–water partition coefficient (Wildman–Crippen LogP) is -0.172. The molecule has 1 aromatic rings. The summed E-state index contributed by atoms with van der Waals surface area (Å²) in [6, 6.07) is 0. The molecule has 1 N–H and O–H groups in total. The summed E-state index contributed by atoms with van der Waals surface area (Å²) in [5.41, 5.74) is 0. The third-order valence-corrected chi connectivity index (χ3v) is 1.23. The zero-order valence-electron chi connectivity index (χ0n) is 6.94. The first-order valence-corrected chi connectivity index (χ1v) is 3.52. The SMILES string of the molecule is CCON(C)C(=O)c1ncn[nH]1. The van der Waals surface area contributed by atoms with Gasteiger partial charge in [0.1, 0.15) is 6.33 Å². The molecular weight excluding hydrogens is 160 g/mol. The smallest absolute Gasteiger partial charge is 0.271 e. The summed E-state index contributed by atoms with van der Waals surface area (Å²) in [5, 5.41) is 7.10. The second-order valence-electron chi connectivity index (χ2n) is 2.05. The Kier molecular flexibility index (Phi) is 2.76. The number of hydrogen-bond donors (Lipinski definition) is 1. The summed E-state index contributed by atoms with van der Waals surface area (Å²) < 4.78 is 0. The van der Waals surface area contributed by atoms with Crippen molar-refractivity contribution in [2.75, 3.05) is 13.7 Å². The monoisotopic (exact) mass is 170 g/mol. The number of rotatable bonds is 3. The highest BCUT2D eigenvalue weighted by molar-refractivity contribution is 5.89. The number of H-pyrrole nitrogens is 1. The molecule has 1 rings (SSSR count). The lowest BCUT2D eigenvalue weighted by Gasteiger charge is -2.12. The summed E-state index contributed by atoms with van der Waals surface area (Å²) in [7, 11) is 1.52. The van der Waals surface area contributed by atoms with E-state index in [0.717, 1.165) is 5.06 Å². The van der Waals surface area contributed by atoms with Crippen molar-refractivity contribution >= 4 is 5.91 Å². The summed E-state index contributed by atoms with van der Waals surface area (Å²) in [6.07, 6.45) is 1.27. The summed E-state index contributed by atoms with van der Waals surface area (Å²) >= 11 is 0. The first-order chi connectivity index (χ1) is 5.75. The maximum absolute atomic E-state index is 11.3. The van der Waals surface area contributed by atoms with E-state index in [1.54, 1.807) is 6.92 Å². The number of hydroxylamine groups is 2. The van der Waals surface area contributed by atoms with Gasteiger partial charge < -0.3 is 0 Å². The average Bonchev–Trinajstić information content (AvgIpc) is 2.55. The number of aromatic nitrogens is 3. The topological polar surface area (TPSA) is 71.1 Å². The highest BCUT2D eigenvalue weighted by Crippen LogP contribution is 1.94. The summed E-state index contributed by atoms with van der Waals surface area (Å²) in [5.74, 6) is -0.166. The van der Waals surface area contributed by atoms with Crippen molar-refractivity contribution in [3.63, 3.8) is 0 Å². The minimum atomic E-state index is -0.339. The molecule has 1 amide bonds. The van der Waals surface area contributed by atoms with Gasteiger partial charge in [-0.25, -0.2) is 10.0 Å². The van der Waals surface area contributed by atoms with Crippen LogP contribution in [-0.2, 0) is 4.84 Å². The molecule has 0 fully saturated rings. The van der Waals surface area contributed by atoms with Crippen molar-refractivity contribution in [3.05, 3.63) is 12.2 Å². The standard InChI is InChI=1S/C6H10N4O2/c1-3-12-10(2)6(11)5-7-4-8-9-5/h4H,3H2,1-2H3,(H,7,8,9). The molecule has 0 spiro atoms. The van der Waals surface area contributed by atoms with Crippen LogP contribution < -0.4 is 0 Å². The summed E-state index contributed by atoms with van der Waals surface area (Å²) in [4.78, 5) is 19.9. The number of amides is 1. The molecule has 0 aliphatic heterocycles. The van der Waals surface area contributed by atoms with Gasteiger partial charge in [0.05, 0.1) is 6.61 Å². The quantitative estimate of drug-likeness (QED) is 0.639. The van der Waals surface area contributed by atoms with Gasteiger partial charge in [-0.05, 0) is 6.92 Å². The van der Waals surface area contributed by atoms with Gasteiger partial charge in [-0.15, -0.1) is 0 Å². The minimum Gasteiger partial charge on any atom is -0.271 e. The zero-order valence-corrected chi connectivity index (χ0v) is 6.94. The third kappa shape index (κ3) is 1.79. The Bertz CT molecular complexity index is 246. The molecule has 0 aromatic carbocycles. The van der Waals surface area contributed by atoms with Crippen LogP contribution in [-0.4, -0.2) is 39.8 Å². The maximum atomic E-state index is 11.3. The van der Waals surface area contributed by atoms with Crippen molar-refractivity contribution < 1.29 is 9.63 Å². The van der Waals surface area contributed by atoms with E-state index < -0.39 is 0 Å². The fourth-order valence-corrected chi connectivity index (χ4v) is 0.710. The van der Waals surface area contributed by atoms with Gasteiger partial charge in [0, 0.05) is 7.05 Å². The van der Waals surface area contributed by atoms with Crippen molar-refractivity contribution in [1.82, 2.24) is 20.2 Å². The second kappa shape index (κ2) is 3.82. The highest BCUT2D eigenvalue weighted by atomic mass is 16.7. The Morgan fingerprint density at radius 1 is 1.83 bits per heavy atom. The number of hydrogen-bond acceptors (Lipinski definition) is 4. The predicted molar refractivity (Wildman–Crippen MR) is 40.1 cm³/mol. The maximum Gasteiger partial charge on any atom is 0.314 e. The van der Waals surface area contributed by atoms with Gasteiger partial charge in [-0.3, -0.25) is 14.7 Å². The Morgan fingerprint density at radius 2 is 2.58 bits per heavy atom. The Balaban J connectivity index is 2.59. The fraction of sp³-hybridized carbons (Fsp3) is 0.500. The molecule has 0 saturated heterocycles. The van der Waals surface area contributed by atoms with Crippen LogP contribution in [0.4, 0.5) is 0 Å². The molecule has 0 bridgehead atoms. The van der Waals surface area contributed by atoms with Crippen molar-refractivity contribution in [1.29, 1.82) is 0 Å². The molecule has 1 aromatic heterocycles. The summed E-state index contributed by atoms with van der Waals surface area (Å²) in [6.45, 7) is 2.24. The zero-order chi connectivity index (χ0) is 8.97. The van der Waals surface area contributed by atoms with E-state index >= 15 is 0 Å². The lowest BCUT2D eigenvalue weighted by Crippen LogP contribution is -2.27. The molecule has 0 atom stereocenters. The van der Waals surface area contributed by atoms with Gasteiger partial charge in [0.25, 0.3) is 0 Å². The number of carbonyl (C=O) groups is 1. The molecule has 0 saturated carbocycles. The minimum absolute atomic E-state index is 0.172. The molecular formula is C6H10N4O2. The van der Waals surface area contributed by atoms with Crippen LogP contribution in [0, 0.1) is 0 Å². The average molecular weight is 170 g/mol. The normalized spacial score (nSPS) is 9.83.